The number of hydrogen-bond donors (Lipinski definition) is 3. The van der Waals surface area contributed by atoms with E-state index in [1.165, 1.54) is 55.8 Å². The highest BCUT2D eigenvalue weighted by molar-refractivity contribution is 5.56. The summed E-state index contributed by atoms with van der Waals surface area (Å²) >= 11 is 0. The zero-order chi connectivity index (χ0) is 23.2. The summed E-state index contributed by atoms with van der Waals surface area (Å²) in [5, 5.41) is 9.87. The van der Waals surface area contributed by atoms with Gasteiger partial charge in [-0.3, -0.25) is 9.69 Å². The van der Waals surface area contributed by atoms with Crippen LogP contribution >= 0.6 is 0 Å². The van der Waals surface area contributed by atoms with Crippen LogP contribution in [0.25, 0.3) is 0 Å². The monoisotopic (exact) mass is 447 g/mol. The van der Waals surface area contributed by atoms with Gasteiger partial charge in [-0.2, -0.15) is 0 Å². The Morgan fingerprint density at radius 1 is 0.906 bits per heavy atom. The average molecular weight is 448 g/mol. The lowest BCUT2D eigenvalue weighted by Crippen LogP contribution is -2.43. The number of rotatable bonds is 4. The van der Waals surface area contributed by atoms with E-state index in [9.17, 15) is 4.79 Å². The summed E-state index contributed by atoms with van der Waals surface area (Å²) in [6.07, 6.45) is 2.70. The smallest absolute Gasteiger partial charge is 0.293 e. The van der Waals surface area contributed by atoms with Crippen molar-refractivity contribution in [3.63, 3.8) is 0 Å². The molecular formula is C25H45N5O2. The van der Waals surface area contributed by atoms with Crippen LogP contribution in [0.3, 0.4) is 0 Å². The van der Waals surface area contributed by atoms with Crippen LogP contribution in [0, 0.1) is 6.92 Å². The van der Waals surface area contributed by atoms with Crippen molar-refractivity contribution < 1.29 is 9.53 Å². The highest BCUT2D eigenvalue weighted by Gasteiger charge is 2.17. The molecule has 0 aromatic heterocycles. The molecule has 0 saturated carbocycles. The molecule has 3 saturated heterocycles. The molecule has 0 unspecified atom stereocenters. The molecule has 182 valence electrons. The van der Waals surface area contributed by atoms with E-state index in [-0.39, 0.29) is 5.60 Å². The van der Waals surface area contributed by atoms with Gasteiger partial charge < -0.3 is 25.6 Å². The third-order valence-electron chi connectivity index (χ3n) is 5.83. The molecule has 1 aromatic carbocycles. The molecule has 0 radical (unpaired) electrons. The lowest BCUT2D eigenvalue weighted by Gasteiger charge is -2.29. The number of nitrogens with one attached hydrogen (secondary N) is 3. The van der Waals surface area contributed by atoms with Crippen LogP contribution < -0.4 is 20.9 Å². The second-order valence-corrected chi connectivity index (χ2v) is 9.61. The number of anilines is 1. The van der Waals surface area contributed by atoms with Crippen LogP contribution in [-0.2, 0) is 16.1 Å². The number of hydrogen-bond acceptors (Lipinski definition) is 7. The van der Waals surface area contributed by atoms with Crippen LogP contribution in [0.4, 0.5) is 5.69 Å². The molecule has 3 fully saturated rings. The van der Waals surface area contributed by atoms with Crippen LogP contribution in [0.2, 0.25) is 0 Å². The van der Waals surface area contributed by atoms with Gasteiger partial charge in [0.1, 0.15) is 5.60 Å². The van der Waals surface area contributed by atoms with Gasteiger partial charge in [0.2, 0.25) is 0 Å². The molecule has 0 bridgehead atoms. The topological polar surface area (TPSA) is 68.9 Å². The van der Waals surface area contributed by atoms with Crippen molar-refractivity contribution in [2.24, 2.45) is 0 Å². The summed E-state index contributed by atoms with van der Waals surface area (Å²) in [5.74, 6) is 0. The largest absolute Gasteiger partial charge is 0.462 e. The first-order chi connectivity index (χ1) is 15.4. The van der Waals surface area contributed by atoms with Crippen molar-refractivity contribution in [3.8, 4) is 0 Å². The standard InChI is InChI=1S/C16H25N3.C5H10O2.C4H10N2/c1-14-15(13-18-11-7-17-8-12-18)5-4-6-16(14)19-9-2-3-10-19;1-5(2,3)7-4-6;1-2-6-4-3-5-1/h4-6,17H,2-3,7-13H2,1H3;4H,1-3H3;5-6H,1-4H2. The highest BCUT2D eigenvalue weighted by atomic mass is 16.5. The molecule has 3 aliphatic rings. The molecule has 7 nitrogen and oxygen atoms in total. The zero-order valence-corrected chi connectivity index (χ0v) is 20.7. The Morgan fingerprint density at radius 3 is 1.94 bits per heavy atom. The Bertz CT molecular complexity index is 635. The van der Waals surface area contributed by atoms with Gasteiger partial charge in [0.05, 0.1) is 0 Å². The van der Waals surface area contributed by atoms with E-state index in [0.29, 0.717) is 6.47 Å². The van der Waals surface area contributed by atoms with Crippen molar-refractivity contribution in [3.05, 3.63) is 29.3 Å². The Morgan fingerprint density at radius 2 is 1.47 bits per heavy atom. The molecule has 7 heteroatoms. The van der Waals surface area contributed by atoms with Gasteiger partial charge in [-0.25, -0.2) is 0 Å². The van der Waals surface area contributed by atoms with Crippen molar-refractivity contribution in [2.45, 2.75) is 52.7 Å². The lowest BCUT2D eigenvalue weighted by atomic mass is 10.0. The van der Waals surface area contributed by atoms with E-state index in [0.717, 1.165) is 45.8 Å². The third kappa shape index (κ3) is 10.3. The summed E-state index contributed by atoms with van der Waals surface area (Å²) in [5.41, 5.74) is 4.14. The number of piperazine rings is 2. The zero-order valence-electron chi connectivity index (χ0n) is 20.7. The van der Waals surface area contributed by atoms with Crippen LogP contribution in [0.1, 0.15) is 44.7 Å². The molecule has 3 heterocycles. The average Bonchev–Trinajstić information content (AvgIpc) is 3.32. The molecule has 0 aliphatic carbocycles. The fourth-order valence-electron chi connectivity index (χ4n) is 4.00. The number of nitrogens with zero attached hydrogens (tertiary/aromatic N) is 2. The molecule has 32 heavy (non-hydrogen) atoms. The Balaban J connectivity index is 0.000000229. The van der Waals surface area contributed by atoms with Gasteiger partial charge in [-0.05, 0) is 57.7 Å². The van der Waals surface area contributed by atoms with Crippen LogP contribution in [-0.4, -0.2) is 82.4 Å². The predicted molar refractivity (Wildman–Crippen MR) is 133 cm³/mol. The maximum atomic E-state index is 9.60. The minimum absolute atomic E-state index is 0.318. The molecule has 3 aliphatic heterocycles. The molecule has 0 amide bonds. The number of carbonyl (C=O) groups is 1. The van der Waals surface area contributed by atoms with E-state index >= 15 is 0 Å². The first-order valence-corrected chi connectivity index (χ1v) is 12.2. The van der Waals surface area contributed by atoms with Crippen LogP contribution in [0.5, 0.6) is 0 Å². The molecule has 4 rings (SSSR count). The SMILES string of the molecule is C1CNCCN1.CC(C)(C)OC=O.Cc1c(CN2CCNCC2)cccc1N1CCCC1. The van der Waals surface area contributed by atoms with Gasteiger partial charge >= 0.3 is 0 Å². The number of benzene rings is 1. The summed E-state index contributed by atoms with van der Waals surface area (Å²) in [7, 11) is 0. The van der Waals surface area contributed by atoms with E-state index in [1.54, 1.807) is 0 Å². The lowest BCUT2D eigenvalue weighted by molar-refractivity contribution is -0.138. The van der Waals surface area contributed by atoms with Crippen molar-refractivity contribution >= 4 is 12.2 Å². The van der Waals surface area contributed by atoms with Gasteiger partial charge in [-0.15, -0.1) is 0 Å². The Labute approximate surface area is 195 Å². The number of ether oxygens (including phenoxy) is 1. The fourth-order valence-corrected chi connectivity index (χ4v) is 4.00. The molecule has 0 spiro atoms. The van der Waals surface area contributed by atoms with Gasteiger partial charge in [-0.1, -0.05) is 12.1 Å². The minimum Gasteiger partial charge on any atom is -0.462 e. The van der Waals surface area contributed by atoms with E-state index in [4.69, 9.17) is 0 Å². The second-order valence-electron chi connectivity index (χ2n) is 9.61. The third-order valence-corrected chi connectivity index (χ3v) is 5.83. The molecule has 0 atom stereocenters. The van der Waals surface area contributed by atoms with Crippen molar-refractivity contribution in [1.82, 2.24) is 20.9 Å². The van der Waals surface area contributed by atoms with E-state index < -0.39 is 0 Å². The Hall–Kier alpha value is -1.67. The van der Waals surface area contributed by atoms with Crippen LogP contribution in [0.15, 0.2) is 18.2 Å². The Kier molecular flexibility index (Phi) is 12.0. The summed E-state index contributed by atoms with van der Waals surface area (Å²) in [6, 6.07) is 6.83. The quantitative estimate of drug-likeness (QED) is 0.611. The maximum absolute atomic E-state index is 9.60. The molecule has 3 N–H and O–H groups in total. The minimum atomic E-state index is -0.318. The van der Waals surface area contributed by atoms with Gasteiger partial charge in [0.25, 0.3) is 6.47 Å². The summed E-state index contributed by atoms with van der Waals surface area (Å²) in [4.78, 5) is 14.7. The first-order valence-electron chi connectivity index (χ1n) is 12.2. The molecule has 1 aromatic rings. The van der Waals surface area contributed by atoms with Crippen molar-refractivity contribution in [2.75, 3.05) is 70.3 Å². The maximum Gasteiger partial charge on any atom is 0.293 e. The highest BCUT2D eigenvalue weighted by Crippen LogP contribution is 2.27. The molecular weight excluding hydrogens is 402 g/mol. The fraction of sp³-hybridized carbons (Fsp3) is 0.720. The first kappa shape index (κ1) is 26.6. The van der Waals surface area contributed by atoms with Crippen molar-refractivity contribution in [1.29, 1.82) is 0 Å². The second kappa shape index (κ2) is 14.5. The van der Waals surface area contributed by atoms with Gasteiger partial charge in [0.15, 0.2) is 0 Å². The van der Waals surface area contributed by atoms with Gasteiger partial charge in [0, 0.05) is 77.7 Å². The normalized spacial score (nSPS) is 19.3. The predicted octanol–water partition coefficient (Wildman–Crippen LogP) is 2.14. The van der Waals surface area contributed by atoms with E-state index in [2.05, 4.69) is 55.6 Å². The summed E-state index contributed by atoms with van der Waals surface area (Å²) < 4.78 is 4.55. The number of carbonyl (C=O) groups excluding carboxylic acids is 1. The van der Waals surface area contributed by atoms with E-state index in [1.807, 2.05) is 20.8 Å². The summed E-state index contributed by atoms with van der Waals surface area (Å²) in [6.45, 7) is 21.0.